The molecule has 5 nitrogen and oxygen atoms in total. The van der Waals surface area contributed by atoms with Crippen molar-refractivity contribution in [3.63, 3.8) is 0 Å². The number of hydrogen-bond acceptors (Lipinski definition) is 4. The second-order valence-corrected chi connectivity index (χ2v) is 7.54. The van der Waals surface area contributed by atoms with Crippen molar-refractivity contribution in [2.45, 2.75) is 30.3 Å². The van der Waals surface area contributed by atoms with Crippen LogP contribution in [0.4, 0.5) is 10.1 Å². The van der Waals surface area contributed by atoms with Crippen molar-refractivity contribution in [1.29, 1.82) is 0 Å². The standard InChI is InChI=1S/C20H22FN3O2S/c21-16-6-2-1-5-14(16)11-24(15-9-10-15)12-20(26)23-17-7-3-4-8-18(17)27-13-19(22)25/h1-8,15H,9-13H2,(H2,22,25)(H,23,26). The summed E-state index contributed by atoms with van der Waals surface area (Å²) in [6.45, 7) is 0.594. The van der Waals surface area contributed by atoms with Crippen LogP contribution in [-0.4, -0.2) is 35.1 Å². The molecule has 1 aliphatic carbocycles. The van der Waals surface area contributed by atoms with Crippen LogP contribution in [0.5, 0.6) is 0 Å². The predicted octanol–water partition coefficient (Wildman–Crippen LogP) is 3.01. The maximum atomic E-state index is 14.0. The van der Waals surface area contributed by atoms with E-state index >= 15 is 0 Å². The Kier molecular flexibility index (Phi) is 6.47. The molecule has 27 heavy (non-hydrogen) atoms. The van der Waals surface area contributed by atoms with Crippen LogP contribution in [0, 0.1) is 5.82 Å². The van der Waals surface area contributed by atoms with Crippen molar-refractivity contribution >= 4 is 29.3 Å². The average molecular weight is 387 g/mol. The minimum Gasteiger partial charge on any atom is -0.369 e. The van der Waals surface area contributed by atoms with Gasteiger partial charge in [0.05, 0.1) is 18.0 Å². The molecule has 0 atom stereocenters. The summed E-state index contributed by atoms with van der Waals surface area (Å²) in [5.74, 6) is -0.679. The van der Waals surface area contributed by atoms with E-state index in [9.17, 15) is 14.0 Å². The Bertz CT molecular complexity index is 826. The fourth-order valence-electron chi connectivity index (χ4n) is 2.82. The molecule has 7 heteroatoms. The van der Waals surface area contributed by atoms with Crippen LogP contribution in [-0.2, 0) is 16.1 Å². The fraction of sp³-hybridized carbons (Fsp3) is 0.300. The molecule has 0 bridgehead atoms. The van der Waals surface area contributed by atoms with Gasteiger partial charge in [-0.3, -0.25) is 14.5 Å². The first-order valence-corrected chi connectivity index (χ1v) is 9.79. The molecule has 2 amide bonds. The SMILES string of the molecule is NC(=O)CSc1ccccc1NC(=O)CN(Cc1ccccc1F)C1CC1. The largest absolute Gasteiger partial charge is 0.369 e. The normalized spacial score (nSPS) is 13.6. The van der Waals surface area contributed by atoms with E-state index in [4.69, 9.17) is 5.73 Å². The number of hydrogen-bond donors (Lipinski definition) is 2. The molecule has 0 aliphatic heterocycles. The number of amides is 2. The molecule has 0 spiro atoms. The Morgan fingerprint density at radius 1 is 1.15 bits per heavy atom. The van der Waals surface area contributed by atoms with E-state index in [1.807, 2.05) is 23.1 Å². The van der Waals surface area contributed by atoms with Gasteiger partial charge in [0.15, 0.2) is 0 Å². The average Bonchev–Trinajstić information content (AvgIpc) is 3.47. The van der Waals surface area contributed by atoms with Crippen LogP contribution in [0.2, 0.25) is 0 Å². The quantitative estimate of drug-likeness (QED) is 0.649. The van der Waals surface area contributed by atoms with Crippen molar-refractivity contribution in [3.05, 3.63) is 59.9 Å². The summed E-state index contributed by atoms with van der Waals surface area (Å²) in [5, 5.41) is 2.90. The van der Waals surface area contributed by atoms with Gasteiger partial charge >= 0.3 is 0 Å². The number of carbonyl (C=O) groups excluding carboxylic acids is 2. The number of nitrogens with one attached hydrogen (secondary N) is 1. The molecule has 142 valence electrons. The zero-order chi connectivity index (χ0) is 19.2. The van der Waals surface area contributed by atoms with Crippen molar-refractivity contribution in [1.82, 2.24) is 4.90 Å². The number of carbonyl (C=O) groups is 2. The van der Waals surface area contributed by atoms with Gasteiger partial charge in [0.2, 0.25) is 11.8 Å². The highest BCUT2D eigenvalue weighted by atomic mass is 32.2. The lowest BCUT2D eigenvalue weighted by Crippen LogP contribution is -2.34. The second-order valence-electron chi connectivity index (χ2n) is 6.53. The lowest BCUT2D eigenvalue weighted by atomic mass is 10.2. The highest BCUT2D eigenvalue weighted by Gasteiger charge is 2.30. The molecule has 3 N–H and O–H groups in total. The first-order valence-electron chi connectivity index (χ1n) is 8.80. The number of nitrogens with two attached hydrogens (primary N) is 1. The molecule has 0 unspecified atom stereocenters. The van der Waals surface area contributed by atoms with Crippen molar-refractivity contribution in [3.8, 4) is 0 Å². The summed E-state index contributed by atoms with van der Waals surface area (Å²) in [5.41, 5.74) is 6.44. The monoisotopic (exact) mass is 387 g/mol. The first-order chi connectivity index (χ1) is 13.0. The van der Waals surface area contributed by atoms with E-state index in [0.717, 1.165) is 17.7 Å². The number of para-hydroxylation sites is 1. The van der Waals surface area contributed by atoms with Crippen molar-refractivity contribution < 1.29 is 14.0 Å². The Balaban J connectivity index is 1.64. The van der Waals surface area contributed by atoms with Gasteiger partial charge in [-0.25, -0.2) is 4.39 Å². The van der Waals surface area contributed by atoms with Crippen LogP contribution >= 0.6 is 11.8 Å². The highest BCUT2D eigenvalue weighted by molar-refractivity contribution is 8.00. The summed E-state index contributed by atoms with van der Waals surface area (Å²) in [6, 6.07) is 14.3. The van der Waals surface area contributed by atoms with E-state index in [0.29, 0.717) is 23.8 Å². The van der Waals surface area contributed by atoms with E-state index in [-0.39, 0.29) is 24.0 Å². The van der Waals surface area contributed by atoms with E-state index < -0.39 is 5.91 Å². The number of benzene rings is 2. The molecule has 1 fully saturated rings. The summed E-state index contributed by atoms with van der Waals surface area (Å²) >= 11 is 1.29. The van der Waals surface area contributed by atoms with Gasteiger partial charge in [-0.15, -0.1) is 11.8 Å². The third-order valence-electron chi connectivity index (χ3n) is 4.27. The maximum absolute atomic E-state index is 14.0. The molecule has 2 aromatic carbocycles. The Hall–Kier alpha value is -2.38. The number of anilines is 1. The molecule has 0 aromatic heterocycles. The van der Waals surface area contributed by atoms with Crippen LogP contribution in [0.25, 0.3) is 0 Å². The second kappa shape index (κ2) is 9.01. The number of rotatable bonds is 9. The Morgan fingerprint density at radius 2 is 1.85 bits per heavy atom. The lowest BCUT2D eigenvalue weighted by molar-refractivity contribution is -0.117. The molecular formula is C20H22FN3O2S. The molecule has 1 aliphatic rings. The summed E-state index contributed by atoms with van der Waals surface area (Å²) in [4.78, 5) is 26.4. The van der Waals surface area contributed by atoms with E-state index in [1.165, 1.54) is 17.8 Å². The van der Waals surface area contributed by atoms with Crippen molar-refractivity contribution in [2.75, 3.05) is 17.6 Å². The molecule has 0 heterocycles. The summed E-state index contributed by atoms with van der Waals surface area (Å²) < 4.78 is 14.0. The molecule has 2 aromatic rings. The zero-order valence-electron chi connectivity index (χ0n) is 14.9. The van der Waals surface area contributed by atoms with Gasteiger partial charge in [0.25, 0.3) is 0 Å². The smallest absolute Gasteiger partial charge is 0.238 e. The Morgan fingerprint density at radius 3 is 2.56 bits per heavy atom. The fourth-order valence-corrected chi connectivity index (χ4v) is 3.57. The topological polar surface area (TPSA) is 75.4 Å². The van der Waals surface area contributed by atoms with Crippen molar-refractivity contribution in [2.24, 2.45) is 5.73 Å². The van der Waals surface area contributed by atoms with Crippen LogP contribution in [0.3, 0.4) is 0 Å². The summed E-state index contributed by atoms with van der Waals surface area (Å²) in [7, 11) is 0. The first kappa shape index (κ1) is 19.4. The molecule has 0 radical (unpaired) electrons. The minimum atomic E-state index is -0.411. The van der Waals surface area contributed by atoms with Crippen LogP contribution in [0.1, 0.15) is 18.4 Å². The third-order valence-corrected chi connectivity index (χ3v) is 5.37. The number of primary amides is 1. The van der Waals surface area contributed by atoms with Gasteiger partial charge in [0.1, 0.15) is 5.82 Å². The number of nitrogens with zero attached hydrogens (tertiary/aromatic N) is 1. The molecular weight excluding hydrogens is 365 g/mol. The van der Waals surface area contributed by atoms with E-state index in [2.05, 4.69) is 5.32 Å². The predicted molar refractivity (Wildman–Crippen MR) is 105 cm³/mol. The number of halogens is 1. The van der Waals surface area contributed by atoms with Crippen LogP contribution < -0.4 is 11.1 Å². The zero-order valence-corrected chi connectivity index (χ0v) is 15.7. The molecule has 3 rings (SSSR count). The van der Waals surface area contributed by atoms with Gasteiger partial charge in [-0.05, 0) is 31.0 Å². The molecule has 0 saturated heterocycles. The van der Waals surface area contributed by atoms with Crippen LogP contribution in [0.15, 0.2) is 53.4 Å². The van der Waals surface area contributed by atoms with Gasteiger partial charge in [-0.2, -0.15) is 0 Å². The summed E-state index contributed by atoms with van der Waals surface area (Å²) in [6.07, 6.45) is 2.04. The van der Waals surface area contributed by atoms with Gasteiger partial charge < -0.3 is 11.1 Å². The number of thioether (sulfide) groups is 1. The Labute approximate surface area is 162 Å². The van der Waals surface area contributed by atoms with Gasteiger partial charge in [-0.1, -0.05) is 30.3 Å². The van der Waals surface area contributed by atoms with Gasteiger partial charge in [0, 0.05) is 23.0 Å². The highest BCUT2D eigenvalue weighted by Crippen LogP contribution is 2.30. The van der Waals surface area contributed by atoms with E-state index in [1.54, 1.807) is 24.3 Å². The third kappa shape index (κ3) is 5.80. The molecule has 1 saturated carbocycles. The maximum Gasteiger partial charge on any atom is 0.238 e. The lowest BCUT2D eigenvalue weighted by Gasteiger charge is -2.22. The minimum absolute atomic E-state index is 0.147.